The Morgan fingerprint density at radius 1 is 1.21 bits per heavy atom. The fraction of sp³-hybridized carbons (Fsp3) is 0.762. The predicted octanol–water partition coefficient (Wildman–Crippen LogP) is 4.76. The number of unbranched alkanes of at least 4 members (excludes halogenated alkanes) is 3. The fourth-order valence-electron chi connectivity index (χ4n) is 2.52. The second-order valence-electron chi connectivity index (χ2n) is 8.25. The highest BCUT2D eigenvalue weighted by atomic mass is 127. The first-order valence-corrected chi connectivity index (χ1v) is 10.4. The number of nitrogens with zero attached hydrogens (tertiary/aromatic N) is 2. The summed E-state index contributed by atoms with van der Waals surface area (Å²) in [7, 11) is 0. The Morgan fingerprint density at radius 3 is 2.48 bits per heavy atom. The van der Waals surface area contributed by atoms with Gasteiger partial charge in [-0.3, -0.25) is 4.79 Å². The molecule has 1 aromatic rings. The number of guanidine groups is 1. The third kappa shape index (κ3) is 13.5. The number of hydrogen-bond donors (Lipinski definition) is 2. The summed E-state index contributed by atoms with van der Waals surface area (Å²) in [5, 5.41) is 10.6. The molecular formula is C21H39IN4O3. The first kappa shape index (κ1) is 27.7. The van der Waals surface area contributed by atoms with Crippen LogP contribution < -0.4 is 10.6 Å². The Kier molecular flexibility index (Phi) is 14.0. The van der Waals surface area contributed by atoms with Crippen LogP contribution >= 0.6 is 24.0 Å². The van der Waals surface area contributed by atoms with Gasteiger partial charge in [0.2, 0.25) is 0 Å². The zero-order valence-corrected chi connectivity index (χ0v) is 21.2. The van der Waals surface area contributed by atoms with Gasteiger partial charge in [0.1, 0.15) is 12.1 Å². The lowest BCUT2D eigenvalue weighted by Gasteiger charge is -2.19. The molecule has 0 radical (unpaired) electrons. The van der Waals surface area contributed by atoms with Crippen molar-refractivity contribution in [2.45, 2.75) is 91.7 Å². The van der Waals surface area contributed by atoms with E-state index in [1.807, 2.05) is 33.8 Å². The van der Waals surface area contributed by atoms with Crippen molar-refractivity contribution in [2.75, 3.05) is 13.1 Å². The van der Waals surface area contributed by atoms with Gasteiger partial charge in [-0.2, -0.15) is 0 Å². The number of nitrogens with one attached hydrogen (secondary N) is 2. The summed E-state index contributed by atoms with van der Waals surface area (Å²) in [6.07, 6.45) is 4.47. The van der Waals surface area contributed by atoms with E-state index < -0.39 is 5.60 Å². The molecule has 0 atom stereocenters. The van der Waals surface area contributed by atoms with Crippen LogP contribution in [0.15, 0.2) is 15.6 Å². The molecule has 0 amide bonds. The van der Waals surface area contributed by atoms with E-state index in [-0.39, 0.29) is 29.9 Å². The summed E-state index contributed by atoms with van der Waals surface area (Å²) < 4.78 is 10.6. The van der Waals surface area contributed by atoms with Crippen molar-refractivity contribution in [1.29, 1.82) is 0 Å². The molecule has 2 N–H and O–H groups in total. The average Bonchev–Trinajstić information content (AvgIpc) is 3.06. The normalized spacial score (nSPS) is 11.9. The molecule has 0 aromatic carbocycles. The summed E-state index contributed by atoms with van der Waals surface area (Å²) in [6.45, 7) is 14.0. The molecule has 0 fully saturated rings. The largest absolute Gasteiger partial charge is 0.460 e. The first-order chi connectivity index (χ1) is 13.2. The lowest BCUT2D eigenvalue weighted by Crippen LogP contribution is -2.37. The smallest absolute Gasteiger partial charge is 0.306 e. The quantitative estimate of drug-likeness (QED) is 0.143. The molecule has 0 bridgehead atoms. The van der Waals surface area contributed by atoms with Crippen LogP contribution in [-0.4, -0.2) is 35.8 Å². The number of aromatic nitrogens is 1. The molecule has 0 aliphatic carbocycles. The van der Waals surface area contributed by atoms with E-state index >= 15 is 0 Å². The molecule has 168 valence electrons. The molecule has 8 heteroatoms. The van der Waals surface area contributed by atoms with E-state index in [0.29, 0.717) is 18.9 Å². The third-order valence-electron chi connectivity index (χ3n) is 3.93. The molecule has 0 saturated carbocycles. The van der Waals surface area contributed by atoms with E-state index in [2.05, 4.69) is 34.6 Å². The van der Waals surface area contributed by atoms with E-state index in [9.17, 15) is 4.79 Å². The Morgan fingerprint density at radius 2 is 1.90 bits per heavy atom. The van der Waals surface area contributed by atoms with Gasteiger partial charge in [-0.05, 0) is 46.5 Å². The van der Waals surface area contributed by atoms with Gasteiger partial charge in [-0.1, -0.05) is 31.8 Å². The number of carbonyl (C=O) groups excluding carboxylic acids is 1. The monoisotopic (exact) mass is 522 g/mol. The summed E-state index contributed by atoms with van der Waals surface area (Å²) in [5.41, 5.74) is 0.556. The number of carbonyl (C=O) groups is 1. The van der Waals surface area contributed by atoms with Crippen LogP contribution in [0.1, 0.15) is 91.0 Å². The first-order valence-electron chi connectivity index (χ1n) is 10.4. The molecule has 0 aliphatic rings. The van der Waals surface area contributed by atoms with Crippen molar-refractivity contribution in [2.24, 2.45) is 4.99 Å². The van der Waals surface area contributed by atoms with Gasteiger partial charge in [-0.15, -0.1) is 24.0 Å². The molecule has 29 heavy (non-hydrogen) atoms. The minimum Gasteiger partial charge on any atom is -0.460 e. The Labute approximate surface area is 192 Å². The standard InChI is InChI=1S/C21H38N4O3.HI/c1-7-22-20(24-15-17-14-18(16(2)3)25-28-17)23-13-11-9-8-10-12-19(26)27-21(4,5)6;/h14,16H,7-13,15H2,1-6H3,(H2,22,23,24);1H. The molecule has 1 aromatic heterocycles. The van der Waals surface area contributed by atoms with E-state index in [0.717, 1.165) is 56.2 Å². The number of hydrogen-bond acceptors (Lipinski definition) is 5. The van der Waals surface area contributed by atoms with Crippen LogP contribution in [0, 0.1) is 0 Å². The summed E-state index contributed by atoms with van der Waals surface area (Å²) in [5.74, 6) is 1.78. The molecule has 1 rings (SSSR count). The maximum absolute atomic E-state index is 11.7. The maximum Gasteiger partial charge on any atom is 0.306 e. The van der Waals surface area contributed by atoms with Crippen LogP contribution in [0.5, 0.6) is 0 Å². The molecular weight excluding hydrogens is 483 g/mol. The lowest BCUT2D eigenvalue weighted by molar-refractivity contribution is -0.154. The highest BCUT2D eigenvalue weighted by Gasteiger charge is 2.15. The molecule has 1 heterocycles. The Bertz CT molecular complexity index is 609. The number of aliphatic imine (C=N–C) groups is 1. The van der Waals surface area contributed by atoms with E-state index in [1.54, 1.807) is 0 Å². The van der Waals surface area contributed by atoms with Crippen LogP contribution in [-0.2, 0) is 16.1 Å². The van der Waals surface area contributed by atoms with Gasteiger partial charge in [0.25, 0.3) is 0 Å². The second-order valence-corrected chi connectivity index (χ2v) is 8.25. The highest BCUT2D eigenvalue weighted by Crippen LogP contribution is 2.14. The third-order valence-corrected chi connectivity index (χ3v) is 3.93. The topological polar surface area (TPSA) is 88.8 Å². The number of halogens is 1. The van der Waals surface area contributed by atoms with Crippen molar-refractivity contribution in [3.8, 4) is 0 Å². The van der Waals surface area contributed by atoms with Crippen LogP contribution in [0.3, 0.4) is 0 Å². The highest BCUT2D eigenvalue weighted by molar-refractivity contribution is 14.0. The minimum absolute atomic E-state index is 0. The number of esters is 1. The van der Waals surface area contributed by atoms with Gasteiger partial charge in [0, 0.05) is 25.6 Å². The van der Waals surface area contributed by atoms with Crippen molar-refractivity contribution in [1.82, 2.24) is 15.8 Å². The molecule has 7 nitrogen and oxygen atoms in total. The van der Waals surface area contributed by atoms with Crippen molar-refractivity contribution < 1.29 is 14.1 Å². The number of ether oxygens (including phenoxy) is 1. The van der Waals surface area contributed by atoms with Crippen molar-refractivity contribution in [3.63, 3.8) is 0 Å². The molecule has 0 spiro atoms. The van der Waals surface area contributed by atoms with Crippen molar-refractivity contribution >= 4 is 35.9 Å². The van der Waals surface area contributed by atoms with Crippen LogP contribution in [0.4, 0.5) is 0 Å². The fourth-order valence-corrected chi connectivity index (χ4v) is 2.52. The zero-order chi connectivity index (χ0) is 21.0. The van der Waals surface area contributed by atoms with E-state index in [4.69, 9.17) is 9.26 Å². The van der Waals surface area contributed by atoms with Gasteiger partial charge in [0.05, 0.1) is 5.69 Å². The average molecular weight is 522 g/mol. The van der Waals surface area contributed by atoms with Gasteiger partial charge in [-0.25, -0.2) is 4.99 Å². The van der Waals surface area contributed by atoms with E-state index in [1.165, 1.54) is 0 Å². The summed E-state index contributed by atoms with van der Waals surface area (Å²) in [6, 6.07) is 1.96. The Balaban J connectivity index is 0.00000784. The molecule has 0 aliphatic heterocycles. The maximum atomic E-state index is 11.7. The predicted molar refractivity (Wildman–Crippen MR) is 128 cm³/mol. The van der Waals surface area contributed by atoms with Gasteiger partial charge < -0.3 is 19.9 Å². The van der Waals surface area contributed by atoms with Gasteiger partial charge in [0.15, 0.2) is 11.7 Å². The molecule has 0 saturated heterocycles. The molecule has 0 unspecified atom stereocenters. The summed E-state index contributed by atoms with van der Waals surface area (Å²) >= 11 is 0. The van der Waals surface area contributed by atoms with Gasteiger partial charge >= 0.3 is 5.97 Å². The van der Waals surface area contributed by atoms with Crippen LogP contribution in [0.2, 0.25) is 0 Å². The minimum atomic E-state index is -0.398. The van der Waals surface area contributed by atoms with Crippen LogP contribution in [0.25, 0.3) is 0 Å². The summed E-state index contributed by atoms with van der Waals surface area (Å²) in [4.78, 5) is 16.2. The number of rotatable bonds is 11. The Hall–Kier alpha value is -1.32. The van der Waals surface area contributed by atoms with Crippen molar-refractivity contribution in [3.05, 3.63) is 17.5 Å². The SMILES string of the molecule is CCNC(=NCc1cc(C(C)C)no1)NCCCCCCC(=O)OC(C)(C)C.I. The lowest BCUT2D eigenvalue weighted by atomic mass is 10.1. The second kappa shape index (κ2) is 14.6. The zero-order valence-electron chi connectivity index (χ0n) is 18.8.